The number of rotatable bonds is 12. The zero-order chi connectivity index (χ0) is 44.5. The molecule has 316 valence electrons. The van der Waals surface area contributed by atoms with E-state index in [0.717, 1.165) is 22.2 Å². The number of carbonyl (C=O) groups is 3. The van der Waals surface area contributed by atoms with Crippen LogP contribution in [0.1, 0.15) is 80.3 Å². The van der Waals surface area contributed by atoms with E-state index in [9.17, 15) is 19.5 Å². The molecule has 5 N–H and O–H groups in total. The Morgan fingerprint density at radius 3 is 1.87 bits per heavy atom. The molecule has 0 aliphatic heterocycles. The van der Waals surface area contributed by atoms with Crippen molar-refractivity contribution in [1.29, 1.82) is 10.7 Å². The SMILES string of the molecule is CC.CCCCc1ccc(-c2ccc(/C([NH-])=C/C(=N)c3nc4ccccc4s3)nc2)s1.N#C[S-].O=C(O)c1ccnc(-c2cc(C(=O)O)cc(-c3cc(C(=O)O)ccn3)n2)c1.[Ru+2]. The number of nitriles is 1. The Morgan fingerprint density at radius 2 is 1.35 bits per heavy atom. The minimum absolute atomic E-state index is 0. The van der Waals surface area contributed by atoms with E-state index in [1.807, 2.05) is 67.8 Å². The van der Waals surface area contributed by atoms with Crippen LogP contribution in [-0.2, 0) is 38.5 Å². The third-order valence-corrected chi connectivity index (χ3v) is 10.5. The van der Waals surface area contributed by atoms with Crippen molar-refractivity contribution in [3.63, 3.8) is 0 Å². The second kappa shape index (κ2) is 24.6. The molecule has 7 rings (SSSR count). The van der Waals surface area contributed by atoms with Crippen LogP contribution in [0.2, 0.25) is 0 Å². The van der Waals surface area contributed by atoms with E-state index in [1.165, 1.54) is 94.2 Å². The molecule has 0 spiro atoms. The molecule has 6 aromatic heterocycles. The van der Waals surface area contributed by atoms with Crippen molar-refractivity contribution in [1.82, 2.24) is 24.9 Å². The maximum atomic E-state index is 11.5. The van der Waals surface area contributed by atoms with Crippen molar-refractivity contribution >= 4 is 74.8 Å². The second-order valence-corrected chi connectivity index (χ2v) is 14.6. The van der Waals surface area contributed by atoms with Crippen molar-refractivity contribution in [2.75, 3.05) is 0 Å². The van der Waals surface area contributed by atoms with Gasteiger partial charge in [-0.1, -0.05) is 44.7 Å². The summed E-state index contributed by atoms with van der Waals surface area (Å²) in [6.07, 6.45) is 9.43. The number of fused-ring (bicyclic) bond motifs is 1. The minimum atomic E-state index is -1.23. The average Bonchev–Trinajstić information content (AvgIpc) is 3.95. The normalized spacial score (nSPS) is 10.3. The van der Waals surface area contributed by atoms with E-state index >= 15 is 0 Å². The van der Waals surface area contributed by atoms with Crippen LogP contribution in [0.5, 0.6) is 0 Å². The zero-order valence-electron chi connectivity index (χ0n) is 33.3. The molecular weight excluding hydrogens is 934 g/mol. The van der Waals surface area contributed by atoms with Gasteiger partial charge in [-0.25, -0.2) is 29.6 Å². The standard InChI is InChI=1S/C23H21N4S2.C18H11N3O6.C2H6.CHNS.Ru/c1-2-3-6-16-10-12-21(28-16)15-9-11-19(26-14-15)17(24)13-18(25)23-27-20-7-4-5-8-22(20)29-23;22-16(23)9-1-3-19-12(5-9)14-7-11(18(26)27)8-15(21-14)13-6-10(17(24)25)2-4-20-13;1-2;2-1-3;/h4-5,7-14,24-25H,2-3,6H2,1H3;1-8H,(H,22,23)(H,24,25)(H,26,27);1-2H3;3H;/q-1;;;;+2/p-1/b17-13-,25-18?;;;;. The molecule has 0 aliphatic carbocycles. The van der Waals surface area contributed by atoms with E-state index < -0.39 is 17.9 Å². The number of benzene rings is 1. The minimum Gasteiger partial charge on any atom is -0.697 e. The van der Waals surface area contributed by atoms with E-state index in [0.29, 0.717) is 10.7 Å². The van der Waals surface area contributed by atoms with E-state index in [-0.39, 0.29) is 70.4 Å². The number of allylic oxidation sites excluding steroid dienone is 1. The molecule has 0 atom stereocenters. The summed E-state index contributed by atoms with van der Waals surface area (Å²) < 4.78 is 1.05. The number of hydrogen-bond donors (Lipinski definition) is 4. The van der Waals surface area contributed by atoms with E-state index in [1.54, 1.807) is 0 Å². The number of carboxylic acid groups (broad SMARTS) is 3. The third-order valence-electron chi connectivity index (χ3n) is 8.19. The number of aromatic carboxylic acids is 3. The first kappa shape index (κ1) is 49.7. The summed E-state index contributed by atoms with van der Waals surface area (Å²) in [5, 5.41) is 45.0. The Balaban J connectivity index is 0.000000296. The molecule has 0 fully saturated rings. The van der Waals surface area contributed by atoms with Crippen LogP contribution in [0.25, 0.3) is 54.9 Å². The molecule has 18 heteroatoms. The summed E-state index contributed by atoms with van der Waals surface area (Å²) in [4.78, 5) is 57.6. The van der Waals surface area contributed by atoms with Gasteiger partial charge in [0, 0.05) is 39.6 Å². The van der Waals surface area contributed by atoms with Gasteiger partial charge in [0.15, 0.2) is 0 Å². The molecule has 62 heavy (non-hydrogen) atoms. The molecular formula is C44H38N8O6RuS3. The quantitative estimate of drug-likeness (QED) is 0.0385. The number of thiocyanates is 1. The Hall–Kier alpha value is -6.64. The van der Waals surface area contributed by atoms with Gasteiger partial charge in [0.05, 0.1) is 55.4 Å². The largest absolute Gasteiger partial charge is 2.00 e. The summed E-state index contributed by atoms with van der Waals surface area (Å²) in [7, 11) is 0. The van der Waals surface area contributed by atoms with E-state index in [2.05, 4.69) is 56.6 Å². The van der Waals surface area contributed by atoms with Gasteiger partial charge >= 0.3 is 37.4 Å². The molecule has 14 nitrogen and oxygen atoms in total. The molecule has 0 saturated heterocycles. The van der Waals surface area contributed by atoms with Gasteiger partial charge in [-0.3, -0.25) is 20.4 Å². The number of thiazole rings is 1. The number of para-hydroxylation sites is 1. The fourth-order valence-corrected chi connectivity index (χ4v) is 7.23. The number of thiophene rings is 1. The second-order valence-electron chi connectivity index (χ2n) is 12.3. The Morgan fingerprint density at radius 1 is 0.790 bits per heavy atom. The fourth-order valence-electron chi connectivity index (χ4n) is 5.31. The predicted molar refractivity (Wildman–Crippen MR) is 241 cm³/mol. The molecule has 1 aromatic carbocycles. The Labute approximate surface area is 383 Å². The molecule has 0 unspecified atom stereocenters. The topological polar surface area (TPSA) is 248 Å². The van der Waals surface area contributed by atoms with E-state index in [4.69, 9.17) is 26.6 Å². The van der Waals surface area contributed by atoms with Crippen LogP contribution in [0.3, 0.4) is 0 Å². The summed E-state index contributed by atoms with van der Waals surface area (Å²) in [6.45, 7) is 6.21. The van der Waals surface area contributed by atoms with Gasteiger partial charge in [-0.2, -0.15) is 0 Å². The van der Waals surface area contributed by atoms with Crippen LogP contribution in [-0.4, -0.2) is 63.9 Å². The van der Waals surface area contributed by atoms with Gasteiger partial charge < -0.3 is 33.7 Å². The van der Waals surface area contributed by atoms with Crippen LogP contribution in [0.4, 0.5) is 0 Å². The van der Waals surface area contributed by atoms with Crippen molar-refractivity contribution in [3.05, 3.63) is 148 Å². The van der Waals surface area contributed by atoms with Crippen LogP contribution in [0, 0.1) is 16.1 Å². The maximum Gasteiger partial charge on any atom is 2.00 e. The molecule has 0 bridgehead atoms. The summed E-state index contributed by atoms with van der Waals surface area (Å²) in [6, 6.07) is 23.7. The molecule has 0 amide bonds. The van der Waals surface area contributed by atoms with Gasteiger partial charge in [-0.05, 0) is 91.7 Å². The number of carboxylic acids is 3. The molecule has 0 radical (unpaired) electrons. The number of pyridine rings is 4. The van der Waals surface area contributed by atoms with Gasteiger partial charge in [-0.15, -0.1) is 28.4 Å². The smallest absolute Gasteiger partial charge is 0.697 e. The maximum absolute atomic E-state index is 11.5. The Kier molecular flexibility index (Phi) is 19.7. The van der Waals surface area contributed by atoms with Gasteiger partial charge in [0.2, 0.25) is 0 Å². The molecule has 0 saturated carbocycles. The van der Waals surface area contributed by atoms with Crippen molar-refractivity contribution in [2.45, 2.75) is 40.0 Å². The van der Waals surface area contributed by atoms with Crippen LogP contribution in [0.15, 0.2) is 110 Å². The molecule has 0 aliphatic rings. The predicted octanol–water partition coefficient (Wildman–Crippen LogP) is 10.6. The summed E-state index contributed by atoms with van der Waals surface area (Å²) >= 11 is 6.97. The van der Waals surface area contributed by atoms with Gasteiger partial charge in [0.25, 0.3) is 0 Å². The van der Waals surface area contributed by atoms with Gasteiger partial charge in [0.1, 0.15) is 5.01 Å². The van der Waals surface area contributed by atoms with Crippen LogP contribution < -0.4 is 0 Å². The summed E-state index contributed by atoms with van der Waals surface area (Å²) in [5.74, 6) is -3.56. The first-order valence-electron chi connectivity index (χ1n) is 18.5. The zero-order valence-corrected chi connectivity index (χ0v) is 37.5. The number of aryl methyl sites for hydroxylation is 1. The molecule has 7 aromatic rings. The summed E-state index contributed by atoms with van der Waals surface area (Å²) in [5.41, 5.74) is 11.7. The number of nitrogens with one attached hydrogen (secondary N) is 2. The van der Waals surface area contributed by atoms with Crippen molar-refractivity contribution in [2.24, 2.45) is 0 Å². The third kappa shape index (κ3) is 13.7. The van der Waals surface area contributed by atoms with Crippen LogP contribution >= 0.6 is 22.7 Å². The first-order chi connectivity index (χ1) is 29.4. The van der Waals surface area contributed by atoms with Crippen molar-refractivity contribution in [3.8, 4) is 38.6 Å². The number of nitrogens with zero attached hydrogens (tertiary/aromatic N) is 6. The molecule has 6 heterocycles. The first-order valence-corrected chi connectivity index (χ1v) is 20.5. The monoisotopic (exact) mass is 972 g/mol. The Bertz CT molecular complexity index is 2620. The number of unbranched alkanes of at least 4 members (excludes halogenated alkanes) is 1. The number of hydrogen-bond acceptors (Lipinski definition) is 13. The average molecular weight is 972 g/mol. The fraction of sp³-hybridized carbons (Fsp3) is 0.136. The van der Waals surface area contributed by atoms with Crippen molar-refractivity contribution < 1.29 is 49.2 Å². The number of aromatic nitrogens is 5.